The molecule has 1 aliphatic rings. The number of carbonyl (C=O) groups is 2. The summed E-state index contributed by atoms with van der Waals surface area (Å²) in [6.07, 6.45) is 7.39. The summed E-state index contributed by atoms with van der Waals surface area (Å²) in [4.78, 5) is 33.3. The molecule has 2 aromatic heterocycles. The van der Waals surface area contributed by atoms with E-state index in [1.54, 1.807) is 0 Å². The van der Waals surface area contributed by atoms with Gasteiger partial charge in [-0.25, -0.2) is 4.98 Å². The fourth-order valence-electron chi connectivity index (χ4n) is 4.88. The van der Waals surface area contributed by atoms with Crippen LogP contribution in [0, 0.1) is 6.92 Å². The minimum Gasteiger partial charge on any atom is -0.356 e. The number of hydrogen-bond donors (Lipinski definition) is 2. The minimum atomic E-state index is -0.567. The normalized spacial score (nSPS) is 15.7. The Labute approximate surface area is 199 Å². The van der Waals surface area contributed by atoms with Gasteiger partial charge in [0.25, 0.3) is 0 Å². The highest BCUT2D eigenvalue weighted by atomic mass is 16.5. The Kier molecular flexibility index (Phi) is 7.59. The monoisotopic (exact) mass is 466 g/mol. The molecule has 3 aromatic rings. The van der Waals surface area contributed by atoms with Crippen LogP contribution < -0.4 is 10.6 Å². The van der Waals surface area contributed by atoms with Crippen molar-refractivity contribution in [1.29, 1.82) is 0 Å². The predicted molar refractivity (Wildman–Crippen MR) is 128 cm³/mol. The summed E-state index contributed by atoms with van der Waals surface area (Å²) in [6, 6.07) is 8.08. The number of hydrogen-bond acceptors (Lipinski definition) is 6. The van der Waals surface area contributed by atoms with Gasteiger partial charge in [-0.3, -0.25) is 9.59 Å². The van der Waals surface area contributed by atoms with E-state index in [9.17, 15) is 9.59 Å². The van der Waals surface area contributed by atoms with E-state index in [0.29, 0.717) is 24.7 Å². The molecule has 1 aliphatic carbocycles. The lowest BCUT2D eigenvalue weighted by atomic mass is 9.89. The second-order valence-corrected chi connectivity index (χ2v) is 9.19. The fourth-order valence-corrected chi connectivity index (χ4v) is 4.88. The standard InChI is InChI=1S/C25H34N6O3/c1-18-27-20-10-5-6-11-21(20)31(18)17-9-16-26-22(33)12-13-23-28-24(30-34-23)25(29-19(2)32)14-7-3-4-8-15-25/h5-6,10-11H,3-4,7-9,12-17H2,1-2H3,(H,26,33)(H,29,32). The molecular weight excluding hydrogens is 432 g/mol. The van der Waals surface area contributed by atoms with Crippen molar-refractivity contribution in [2.24, 2.45) is 0 Å². The zero-order valence-corrected chi connectivity index (χ0v) is 20.1. The van der Waals surface area contributed by atoms with E-state index in [1.807, 2.05) is 25.1 Å². The molecule has 1 saturated carbocycles. The lowest BCUT2D eigenvalue weighted by Crippen LogP contribution is -2.45. The van der Waals surface area contributed by atoms with Crippen LogP contribution in [0.15, 0.2) is 28.8 Å². The molecule has 182 valence electrons. The Bertz CT molecular complexity index is 1130. The molecule has 2 heterocycles. The van der Waals surface area contributed by atoms with Gasteiger partial charge in [-0.15, -0.1) is 0 Å². The molecule has 9 heteroatoms. The number of amides is 2. The third kappa shape index (κ3) is 5.63. The highest BCUT2D eigenvalue weighted by Gasteiger charge is 2.38. The summed E-state index contributed by atoms with van der Waals surface area (Å²) in [5, 5.41) is 10.2. The van der Waals surface area contributed by atoms with Crippen LogP contribution in [0.4, 0.5) is 0 Å². The van der Waals surface area contributed by atoms with Crippen molar-refractivity contribution in [3.63, 3.8) is 0 Å². The van der Waals surface area contributed by atoms with Crippen LogP contribution in [0.25, 0.3) is 11.0 Å². The maximum absolute atomic E-state index is 12.3. The summed E-state index contributed by atoms with van der Waals surface area (Å²) >= 11 is 0. The molecule has 0 aliphatic heterocycles. The molecule has 1 fully saturated rings. The summed E-state index contributed by atoms with van der Waals surface area (Å²) in [5.41, 5.74) is 1.54. The maximum Gasteiger partial charge on any atom is 0.227 e. The molecule has 34 heavy (non-hydrogen) atoms. The van der Waals surface area contributed by atoms with Gasteiger partial charge in [0.1, 0.15) is 11.4 Å². The molecule has 0 unspecified atom stereocenters. The second kappa shape index (κ2) is 10.8. The van der Waals surface area contributed by atoms with Gasteiger partial charge in [-0.05, 0) is 38.3 Å². The lowest BCUT2D eigenvalue weighted by molar-refractivity contribution is -0.122. The zero-order chi connectivity index (χ0) is 24.0. The van der Waals surface area contributed by atoms with E-state index < -0.39 is 5.54 Å². The molecule has 0 spiro atoms. The third-order valence-corrected chi connectivity index (χ3v) is 6.56. The van der Waals surface area contributed by atoms with Gasteiger partial charge < -0.3 is 19.7 Å². The average molecular weight is 467 g/mol. The Hall–Kier alpha value is -3.23. The average Bonchev–Trinajstić information content (AvgIpc) is 3.33. The number of aryl methyl sites for hydroxylation is 3. The number of rotatable bonds is 9. The largest absolute Gasteiger partial charge is 0.356 e. The van der Waals surface area contributed by atoms with Crippen molar-refractivity contribution >= 4 is 22.8 Å². The zero-order valence-electron chi connectivity index (χ0n) is 20.1. The molecule has 0 atom stereocenters. The highest BCUT2D eigenvalue weighted by molar-refractivity contribution is 5.76. The Morgan fingerprint density at radius 2 is 1.88 bits per heavy atom. The van der Waals surface area contributed by atoms with Gasteiger partial charge in [-0.1, -0.05) is 43.0 Å². The number of benzene rings is 1. The second-order valence-electron chi connectivity index (χ2n) is 9.19. The SMILES string of the molecule is CC(=O)NC1(c2noc(CCC(=O)NCCCn3c(C)nc4ccccc43)n2)CCCCCC1. The summed E-state index contributed by atoms with van der Waals surface area (Å²) in [5.74, 6) is 1.80. The summed E-state index contributed by atoms with van der Waals surface area (Å²) < 4.78 is 7.62. The molecule has 9 nitrogen and oxygen atoms in total. The number of aromatic nitrogens is 4. The number of fused-ring (bicyclic) bond motifs is 1. The van der Waals surface area contributed by atoms with E-state index in [4.69, 9.17) is 4.52 Å². The van der Waals surface area contributed by atoms with E-state index in [1.165, 1.54) is 6.92 Å². The van der Waals surface area contributed by atoms with Gasteiger partial charge in [0.2, 0.25) is 17.7 Å². The van der Waals surface area contributed by atoms with Crippen molar-refractivity contribution in [1.82, 2.24) is 30.3 Å². The van der Waals surface area contributed by atoms with Crippen molar-refractivity contribution in [3.8, 4) is 0 Å². The molecule has 2 N–H and O–H groups in total. The van der Waals surface area contributed by atoms with Crippen LogP contribution in [-0.2, 0) is 28.1 Å². The smallest absolute Gasteiger partial charge is 0.227 e. The van der Waals surface area contributed by atoms with Crippen LogP contribution >= 0.6 is 0 Å². The Morgan fingerprint density at radius 1 is 1.12 bits per heavy atom. The molecule has 4 rings (SSSR count). The van der Waals surface area contributed by atoms with Crippen molar-refractivity contribution in [2.75, 3.05) is 6.54 Å². The van der Waals surface area contributed by atoms with Gasteiger partial charge in [0.15, 0.2) is 5.82 Å². The van der Waals surface area contributed by atoms with E-state index >= 15 is 0 Å². The molecular formula is C25H34N6O3. The van der Waals surface area contributed by atoms with Crippen LogP contribution in [0.2, 0.25) is 0 Å². The summed E-state index contributed by atoms with van der Waals surface area (Å²) in [7, 11) is 0. The number of para-hydroxylation sites is 2. The van der Waals surface area contributed by atoms with E-state index in [2.05, 4.69) is 36.4 Å². The summed E-state index contributed by atoms with van der Waals surface area (Å²) in [6.45, 7) is 4.91. The minimum absolute atomic E-state index is 0.0435. The number of carbonyl (C=O) groups excluding carboxylic acids is 2. The van der Waals surface area contributed by atoms with Gasteiger partial charge in [-0.2, -0.15) is 4.98 Å². The first-order valence-corrected chi connectivity index (χ1v) is 12.3. The third-order valence-electron chi connectivity index (χ3n) is 6.56. The number of nitrogens with one attached hydrogen (secondary N) is 2. The van der Waals surface area contributed by atoms with Crippen molar-refractivity contribution in [3.05, 3.63) is 41.8 Å². The molecule has 0 bridgehead atoms. The topological polar surface area (TPSA) is 115 Å². The fraction of sp³-hybridized carbons (Fsp3) is 0.560. The van der Waals surface area contributed by atoms with Crippen LogP contribution in [0.3, 0.4) is 0 Å². The van der Waals surface area contributed by atoms with Crippen molar-refractivity contribution < 1.29 is 14.1 Å². The molecule has 0 saturated heterocycles. The van der Waals surface area contributed by atoms with Crippen LogP contribution in [0.5, 0.6) is 0 Å². The van der Waals surface area contributed by atoms with Crippen LogP contribution in [-0.4, -0.2) is 38.1 Å². The predicted octanol–water partition coefficient (Wildman–Crippen LogP) is 3.55. The van der Waals surface area contributed by atoms with Crippen LogP contribution in [0.1, 0.15) is 75.8 Å². The Balaban J connectivity index is 1.25. The van der Waals surface area contributed by atoms with E-state index in [0.717, 1.165) is 68.3 Å². The number of imidazole rings is 1. The first-order chi connectivity index (χ1) is 16.5. The lowest BCUT2D eigenvalue weighted by Gasteiger charge is -2.30. The number of nitrogens with zero attached hydrogens (tertiary/aromatic N) is 4. The van der Waals surface area contributed by atoms with Gasteiger partial charge >= 0.3 is 0 Å². The van der Waals surface area contributed by atoms with Gasteiger partial charge in [0, 0.05) is 32.9 Å². The van der Waals surface area contributed by atoms with Gasteiger partial charge in [0.05, 0.1) is 11.0 Å². The maximum atomic E-state index is 12.3. The quantitative estimate of drug-likeness (QED) is 0.368. The first kappa shape index (κ1) is 23.9. The Morgan fingerprint density at radius 3 is 2.65 bits per heavy atom. The van der Waals surface area contributed by atoms with E-state index in [-0.39, 0.29) is 18.2 Å². The molecule has 2 amide bonds. The molecule has 1 aromatic carbocycles. The first-order valence-electron chi connectivity index (χ1n) is 12.3. The van der Waals surface area contributed by atoms with Crippen molar-refractivity contribution in [2.45, 2.75) is 83.7 Å². The highest BCUT2D eigenvalue weighted by Crippen LogP contribution is 2.34. The molecule has 0 radical (unpaired) electrons.